The molecule has 0 spiro atoms. The fraction of sp³-hybridized carbons (Fsp3) is 0.200. The summed E-state index contributed by atoms with van der Waals surface area (Å²) in [5.41, 5.74) is 2.25. The summed E-state index contributed by atoms with van der Waals surface area (Å²) in [6.45, 7) is 1.95. The minimum atomic E-state index is -0.320. The van der Waals surface area contributed by atoms with E-state index in [2.05, 4.69) is 31.5 Å². The van der Waals surface area contributed by atoms with Gasteiger partial charge in [0.1, 0.15) is 5.69 Å². The van der Waals surface area contributed by atoms with Gasteiger partial charge in [0.2, 0.25) is 5.91 Å². The molecule has 0 atom stereocenters. The highest BCUT2D eigenvalue weighted by molar-refractivity contribution is 9.10. The van der Waals surface area contributed by atoms with Crippen LogP contribution in [0, 0.1) is 0 Å². The molecule has 0 fully saturated rings. The van der Waals surface area contributed by atoms with Crippen molar-refractivity contribution in [2.24, 2.45) is 0 Å². The van der Waals surface area contributed by atoms with Crippen LogP contribution >= 0.6 is 15.9 Å². The van der Waals surface area contributed by atoms with Crippen LogP contribution in [-0.4, -0.2) is 23.3 Å². The van der Waals surface area contributed by atoms with Gasteiger partial charge in [-0.2, -0.15) is 0 Å². The second-order valence-corrected chi connectivity index (χ2v) is 5.39. The third-order valence-corrected chi connectivity index (χ3v) is 3.43. The van der Waals surface area contributed by atoms with Crippen LogP contribution < -0.4 is 10.6 Å². The number of aromatic nitrogens is 1. The Bertz CT molecular complexity index is 652. The second kappa shape index (κ2) is 7.08. The average molecular weight is 350 g/mol. The summed E-state index contributed by atoms with van der Waals surface area (Å²) in [4.78, 5) is 26.5. The number of aromatic amines is 1. The van der Waals surface area contributed by atoms with E-state index in [1.165, 1.54) is 0 Å². The standard InChI is InChI=1S/C15H16BrN3O2/c1-2-10-5-3-4-6-12(10)19-14(20)9-18-15(21)13-7-11(16)8-17-13/h3-8,17H,2,9H2,1H3,(H,18,21)(H,19,20). The predicted octanol–water partition coefficient (Wildman–Crippen LogP) is 2.71. The molecular weight excluding hydrogens is 334 g/mol. The third-order valence-electron chi connectivity index (χ3n) is 2.97. The number of H-pyrrole nitrogens is 1. The summed E-state index contributed by atoms with van der Waals surface area (Å²) in [5.74, 6) is -0.575. The molecule has 0 unspecified atom stereocenters. The van der Waals surface area contributed by atoms with E-state index in [0.29, 0.717) is 5.69 Å². The molecule has 21 heavy (non-hydrogen) atoms. The SMILES string of the molecule is CCc1ccccc1NC(=O)CNC(=O)c1cc(Br)c[nH]1. The highest BCUT2D eigenvalue weighted by atomic mass is 79.9. The molecule has 0 saturated carbocycles. The largest absolute Gasteiger partial charge is 0.356 e. The molecule has 0 saturated heterocycles. The smallest absolute Gasteiger partial charge is 0.268 e. The van der Waals surface area contributed by atoms with E-state index in [1.807, 2.05) is 31.2 Å². The fourth-order valence-corrected chi connectivity index (χ4v) is 2.24. The van der Waals surface area contributed by atoms with Crippen molar-refractivity contribution in [2.75, 3.05) is 11.9 Å². The van der Waals surface area contributed by atoms with Crippen molar-refractivity contribution < 1.29 is 9.59 Å². The topological polar surface area (TPSA) is 74.0 Å². The molecule has 0 radical (unpaired) electrons. The quantitative estimate of drug-likeness (QED) is 0.776. The summed E-state index contributed by atoms with van der Waals surface area (Å²) in [7, 11) is 0. The second-order valence-electron chi connectivity index (χ2n) is 4.47. The number of nitrogens with one attached hydrogen (secondary N) is 3. The first kappa shape index (κ1) is 15.3. The Morgan fingerprint density at radius 1 is 1.29 bits per heavy atom. The molecule has 6 heteroatoms. The molecular formula is C15H16BrN3O2. The molecule has 2 aromatic rings. The van der Waals surface area contributed by atoms with Crippen LogP contribution in [0.3, 0.4) is 0 Å². The first-order valence-corrected chi connectivity index (χ1v) is 7.39. The lowest BCUT2D eigenvalue weighted by atomic mass is 10.1. The van der Waals surface area contributed by atoms with Gasteiger partial charge in [0.25, 0.3) is 5.91 Å². The first-order valence-electron chi connectivity index (χ1n) is 6.60. The predicted molar refractivity (Wildman–Crippen MR) is 85.3 cm³/mol. The third kappa shape index (κ3) is 4.19. The van der Waals surface area contributed by atoms with Crippen LogP contribution in [0.5, 0.6) is 0 Å². The maximum absolute atomic E-state index is 11.9. The molecule has 0 aliphatic heterocycles. The normalized spacial score (nSPS) is 10.2. The molecule has 1 aromatic heterocycles. The number of hydrogen-bond acceptors (Lipinski definition) is 2. The summed E-state index contributed by atoms with van der Waals surface area (Å²) in [6, 6.07) is 9.26. The van der Waals surface area contributed by atoms with Gasteiger partial charge >= 0.3 is 0 Å². The van der Waals surface area contributed by atoms with E-state index in [4.69, 9.17) is 0 Å². The Balaban J connectivity index is 1.89. The van der Waals surface area contributed by atoms with Gasteiger partial charge in [-0.05, 0) is 40.0 Å². The molecule has 5 nitrogen and oxygen atoms in total. The number of carbonyl (C=O) groups excluding carboxylic acids is 2. The number of para-hydroxylation sites is 1. The van der Waals surface area contributed by atoms with E-state index < -0.39 is 0 Å². The van der Waals surface area contributed by atoms with E-state index in [1.54, 1.807) is 12.3 Å². The average Bonchev–Trinajstić information content (AvgIpc) is 2.92. The number of halogens is 1. The van der Waals surface area contributed by atoms with Gasteiger partial charge in [0.05, 0.1) is 6.54 Å². The van der Waals surface area contributed by atoms with Crippen molar-refractivity contribution in [1.82, 2.24) is 10.3 Å². The fourth-order valence-electron chi connectivity index (χ4n) is 1.90. The summed E-state index contributed by atoms with van der Waals surface area (Å²) in [6.07, 6.45) is 2.49. The number of benzene rings is 1. The van der Waals surface area contributed by atoms with Crippen molar-refractivity contribution in [3.05, 3.63) is 52.3 Å². The molecule has 2 rings (SSSR count). The van der Waals surface area contributed by atoms with Gasteiger partial charge < -0.3 is 15.6 Å². The lowest BCUT2D eigenvalue weighted by Gasteiger charge is -2.10. The highest BCUT2D eigenvalue weighted by Crippen LogP contribution is 2.15. The number of aryl methyl sites for hydroxylation is 1. The zero-order chi connectivity index (χ0) is 15.2. The van der Waals surface area contributed by atoms with Crippen LogP contribution in [0.1, 0.15) is 23.0 Å². The van der Waals surface area contributed by atoms with Crippen LogP contribution in [0.15, 0.2) is 41.0 Å². The lowest BCUT2D eigenvalue weighted by Crippen LogP contribution is -2.33. The number of rotatable bonds is 5. The van der Waals surface area contributed by atoms with Crippen LogP contribution in [0.2, 0.25) is 0 Å². The summed E-state index contributed by atoms with van der Waals surface area (Å²) in [5, 5.41) is 5.37. The Hall–Kier alpha value is -2.08. The van der Waals surface area contributed by atoms with E-state index in [9.17, 15) is 9.59 Å². The van der Waals surface area contributed by atoms with E-state index in [0.717, 1.165) is 22.1 Å². The number of anilines is 1. The van der Waals surface area contributed by atoms with Crippen molar-refractivity contribution in [1.29, 1.82) is 0 Å². The number of carbonyl (C=O) groups is 2. The maximum Gasteiger partial charge on any atom is 0.268 e. The Kier molecular flexibility index (Phi) is 5.16. The number of hydrogen-bond donors (Lipinski definition) is 3. The monoisotopic (exact) mass is 349 g/mol. The minimum Gasteiger partial charge on any atom is -0.356 e. The molecule has 110 valence electrons. The molecule has 1 heterocycles. The van der Waals surface area contributed by atoms with Gasteiger partial charge in [0, 0.05) is 16.4 Å². The van der Waals surface area contributed by atoms with Gasteiger partial charge in [-0.1, -0.05) is 25.1 Å². The Morgan fingerprint density at radius 2 is 2.05 bits per heavy atom. The summed E-state index contributed by atoms with van der Waals surface area (Å²) >= 11 is 3.25. The maximum atomic E-state index is 11.9. The molecule has 0 aliphatic carbocycles. The van der Waals surface area contributed by atoms with Crippen molar-refractivity contribution >= 4 is 33.4 Å². The van der Waals surface area contributed by atoms with Crippen molar-refractivity contribution in [3.8, 4) is 0 Å². The van der Waals surface area contributed by atoms with Crippen LogP contribution in [0.25, 0.3) is 0 Å². The molecule has 1 aromatic carbocycles. The Morgan fingerprint density at radius 3 is 2.71 bits per heavy atom. The highest BCUT2D eigenvalue weighted by Gasteiger charge is 2.10. The first-order chi connectivity index (χ1) is 10.1. The van der Waals surface area contributed by atoms with Gasteiger partial charge in [-0.15, -0.1) is 0 Å². The number of amides is 2. The van der Waals surface area contributed by atoms with Crippen molar-refractivity contribution in [3.63, 3.8) is 0 Å². The summed E-state index contributed by atoms with van der Waals surface area (Å²) < 4.78 is 0.786. The van der Waals surface area contributed by atoms with E-state index in [-0.39, 0.29) is 18.4 Å². The van der Waals surface area contributed by atoms with Gasteiger partial charge in [-0.25, -0.2) is 0 Å². The van der Waals surface area contributed by atoms with Crippen molar-refractivity contribution in [2.45, 2.75) is 13.3 Å². The zero-order valence-corrected chi connectivity index (χ0v) is 13.2. The zero-order valence-electron chi connectivity index (χ0n) is 11.6. The van der Waals surface area contributed by atoms with Crippen LogP contribution in [-0.2, 0) is 11.2 Å². The lowest BCUT2D eigenvalue weighted by molar-refractivity contribution is -0.115. The molecule has 3 N–H and O–H groups in total. The van der Waals surface area contributed by atoms with Gasteiger partial charge in [0.15, 0.2) is 0 Å². The molecule has 2 amide bonds. The molecule has 0 aliphatic rings. The Labute approximate surface area is 131 Å². The van der Waals surface area contributed by atoms with Gasteiger partial charge in [-0.3, -0.25) is 9.59 Å². The minimum absolute atomic E-state index is 0.0759. The van der Waals surface area contributed by atoms with E-state index >= 15 is 0 Å². The molecule has 0 bridgehead atoms. The van der Waals surface area contributed by atoms with Crippen LogP contribution in [0.4, 0.5) is 5.69 Å².